The van der Waals surface area contributed by atoms with E-state index in [0.29, 0.717) is 0 Å². The Hall–Kier alpha value is -0.0903. The molecule has 4 heteroatoms. The largest absolute Gasteiger partial charge is 2.00 e. The van der Waals surface area contributed by atoms with Crippen molar-refractivity contribution in [1.29, 1.82) is 0 Å². The van der Waals surface area contributed by atoms with Crippen LogP contribution in [0.1, 0.15) is 8.42 Å². The van der Waals surface area contributed by atoms with Crippen LogP contribution in [-0.4, -0.2) is 81.1 Å². The molecule has 0 heterocycles. The van der Waals surface area contributed by atoms with E-state index in [1.807, 2.05) is 26.2 Å². The minimum Gasteiger partial charge on any atom is -1.00 e. The van der Waals surface area contributed by atoms with Gasteiger partial charge in [0.2, 0.25) is 0 Å². The van der Waals surface area contributed by atoms with E-state index in [1.165, 1.54) is 0 Å². The summed E-state index contributed by atoms with van der Waals surface area (Å²) >= 11 is 0. The molecule has 0 fully saturated rings. The van der Waals surface area contributed by atoms with E-state index in [-0.39, 0.29) is 46.3 Å². The van der Waals surface area contributed by atoms with Crippen LogP contribution in [0.2, 0.25) is 0 Å². The maximum Gasteiger partial charge on any atom is 2.00 e. The van der Waals surface area contributed by atoms with Gasteiger partial charge in [-0.25, -0.2) is 0 Å². The molecule has 1 rings (SSSR count). The van der Waals surface area contributed by atoms with Gasteiger partial charge in [-0.15, -0.1) is 0 Å². The number of hydrogen-bond donors (Lipinski definition) is 1. The number of phenols is 1. The molecule has 0 saturated carbocycles. The van der Waals surface area contributed by atoms with Gasteiger partial charge in [0.1, 0.15) is 5.75 Å². The predicted octanol–water partition coefficient (Wildman–Crippen LogP) is 1.22. The number of para-hydroxylation sites is 1. The van der Waals surface area contributed by atoms with Gasteiger partial charge in [0.15, 0.2) is 0 Å². The third-order valence-electron chi connectivity index (χ3n) is 1.84. The summed E-state index contributed by atoms with van der Waals surface area (Å²) in [7, 11) is 4.02. The molecule has 0 saturated heterocycles. The zero-order valence-corrected chi connectivity index (χ0v) is 11.6. The van der Waals surface area contributed by atoms with E-state index in [1.54, 1.807) is 18.3 Å². The van der Waals surface area contributed by atoms with Gasteiger partial charge in [-0.1, -0.05) is 12.1 Å². The van der Waals surface area contributed by atoms with Crippen LogP contribution < -0.4 is 0 Å². The average Bonchev–Trinajstić information content (AvgIpc) is 2.15. The molecule has 1 N–H and O–H groups in total. The van der Waals surface area contributed by atoms with Crippen LogP contribution in [0.15, 0.2) is 29.3 Å². The number of benzene rings is 1. The number of phenolic OH excluding ortho intramolecular Hbond substituents is 1. The number of rotatable bonds is 4. The monoisotopic (exact) mass is 234 g/mol. The Morgan fingerprint density at radius 1 is 1.40 bits per heavy atom. The van der Waals surface area contributed by atoms with Gasteiger partial charge in [0.25, 0.3) is 0 Å². The Bertz CT molecular complexity index is 322. The van der Waals surface area contributed by atoms with E-state index in [0.717, 1.165) is 18.7 Å². The van der Waals surface area contributed by atoms with Gasteiger partial charge < -0.3 is 12.9 Å². The van der Waals surface area contributed by atoms with Crippen molar-refractivity contribution in [3.05, 3.63) is 29.8 Å². The molecule has 3 nitrogen and oxygen atoms in total. The van der Waals surface area contributed by atoms with E-state index in [4.69, 9.17) is 0 Å². The molecule has 0 aliphatic rings. The van der Waals surface area contributed by atoms with Gasteiger partial charge >= 0.3 is 37.7 Å². The Morgan fingerprint density at radius 2 is 2.07 bits per heavy atom. The van der Waals surface area contributed by atoms with Gasteiger partial charge in [0, 0.05) is 18.3 Å². The first kappa shape index (κ1) is 14.9. The minimum atomic E-state index is 0. The topological polar surface area (TPSA) is 35.8 Å². The molecule has 0 spiro atoms. The Balaban J connectivity index is -0.000000653. The van der Waals surface area contributed by atoms with Crippen LogP contribution in [-0.2, 0) is 0 Å². The Labute approximate surface area is 124 Å². The SMILES string of the molecule is CN(C)CCN=Cc1ccccc1O.[Ca+2].[H-].[H-]. The average molecular weight is 234 g/mol. The number of nitrogens with zero attached hydrogens (tertiary/aromatic N) is 2. The van der Waals surface area contributed by atoms with Crippen molar-refractivity contribution in [2.75, 3.05) is 27.2 Å². The molecule has 0 aliphatic heterocycles. The molecule has 0 aliphatic carbocycles. The zero-order chi connectivity index (χ0) is 10.4. The van der Waals surface area contributed by atoms with Crippen LogP contribution in [0, 0.1) is 0 Å². The van der Waals surface area contributed by atoms with E-state index < -0.39 is 0 Å². The van der Waals surface area contributed by atoms with Crippen LogP contribution in [0.5, 0.6) is 5.75 Å². The first-order valence-electron chi connectivity index (χ1n) is 4.62. The van der Waals surface area contributed by atoms with Crippen molar-refractivity contribution in [1.82, 2.24) is 4.90 Å². The van der Waals surface area contributed by atoms with Crippen LogP contribution >= 0.6 is 0 Å². The fraction of sp³-hybridized carbons (Fsp3) is 0.364. The summed E-state index contributed by atoms with van der Waals surface area (Å²) in [5.41, 5.74) is 0.770. The van der Waals surface area contributed by atoms with Crippen molar-refractivity contribution in [2.45, 2.75) is 0 Å². The molecular weight excluding hydrogens is 216 g/mol. The molecule has 0 unspecified atom stereocenters. The standard InChI is InChI=1S/C11H16N2O.Ca.2H/c1-13(2)8-7-12-9-10-5-3-4-6-11(10)14;;;/h3-6,9,14H,7-8H2,1-2H3;;;/q;+2;2*-1. The molecule has 0 aromatic heterocycles. The number of likely N-dealkylation sites (N-methyl/N-ethyl adjacent to an activating group) is 1. The van der Waals surface area contributed by atoms with Crippen molar-refractivity contribution >= 4 is 44.0 Å². The van der Waals surface area contributed by atoms with Gasteiger partial charge in [-0.3, -0.25) is 4.99 Å². The third kappa shape index (κ3) is 6.15. The predicted molar refractivity (Wildman–Crippen MR) is 67.1 cm³/mol. The van der Waals surface area contributed by atoms with E-state index >= 15 is 0 Å². The van der Waals surface area contributed by atoms with Crippen LogP contribution in [0.4, 0.5) is 0 Å². The second-order valence-electron chi connectivity index (χ2n) is 3.40. The normalized spacial score (nSPS) is 10.6. The molecular formula is C11H18CaN2O. The summed E-state index contributed by atoms with van der Waals surface area (Å²) in [4.78, 5) is 6.29. The fourth-order valence-electron chi connectivity index (χ4n) is 1.02. The van der Waals surface area contributed by atoms with Crippen LogP contribution in [0.25, 0.3) is 0 Å². The summed E-state index contributed by atoms with van der Waals surface area (Å²) in [6.07, 6.45) is 1.71. The molecule has 0 bridgehead atoms. The number of hydrogen-bond acceptors (Lipinski definition) is 3. The Morgan fingerprint density at radius 3 is 2.67 bits per heavy atom. The molecule has 80 valence electrons. The maximum atomic E-state index is 9.42. The molecule has 1 aromatic carbocycles. The quantitative estimate of drug-likeness (QED) is 0.628. The summed E-state index contributed by atoms with van der Waals surface area (Å²) in [6, 6.07) is 7.18. The van der Waals surface area contributed by atoms with Crippen molar-refractivity contribution in [3.8, 4) is 5.75 Å². The second kappa shape index (κ2) is 8.11. The van der Waals surface area contributed by atoms with Gasteiger partial charge in [-0.05, 0) is 26.2 Å². The van der Waals surface area contributed by atoms with E-state index in [2.05, 4.69) is 9.89 Å². The van der Waals surface area contributed by atoms with Crippen LogP contribution in [0.3, 0.4) is 0 Å². The minimum absolute atomic E-state index is 0. The molecule has 15 heavy (non-hydrogen) atoms. The third-order valence-corrected chi connectivity index (χ3v) is 1.84. The molecule has 0 atom stereocenters. The summed E-state index contributed by atoms with van der Waals surface area (Å²) in [5.74, 6) is 0.279. The number of aliphatic imine (C=N–C) groups is 1. The second-order valence-corrected chi connectivity index (χ2v) is 3.40. The van der Waals surface area contributed by atoms with Crippen molar-refractivity contribution < 1.29 is 7.96 Å². The molecule has 0 amide bonds. The summed E-state index contributed by atoms with van der Waals surface area (Å²) in [5, 5.41) is 9.42. The van der Waals surface area contributed by atoms with Gasteiger partial charge in [-0.2, -0.15) is 0 Å². The zero-order valence-electron chi connectivity index (χ0n) is 11.3. The number of aromatic hydroxyl groups is 1. The first-order chi connectivity index (χ1) is 6.70. The molecule has 1 aromatic rings. The molecule has 0 radical (unpaired) electrons. The smallest absolute Gasteiger partial charge is 1.00 e. The van der Waals surface area contributed by atoms with Crippen molar-refractivity contribution in [2.24, 2.45) is 4.99 Å². The fourth-order valence-corrected chi connectivity index (χ4v) is 1.02. The first-order valence-corrected chi connectivity index (χ1v) is 4.62. The summed E-state index contributed by atoms with van der Waals surface area (Å²) < 4.78 is 0. The Kier molecular flexibility index (Phi) is 8.06. The van der Waals surface area contributed by atoms with Gasteiger partial charge in [0.05, 0.1) is 6.54 Å². The van der Waals surface area contributed by atoms with E-state index in [9.17, 15) is 5.11 Å². The van der Waals surface area contributed by atoms with Crippen molar-refractivity contribution in [3.63, 3.8) is 0 Å². The maximum absolute atomic E-state index is 9.42. The summed E-state index contributed by atoms with van der Waals surface area (Å²) in [6.45, 7) is 1.67.